The molecule has 0 fully saturated rings. The summed E-state index contributed by atoms with van der Waals surface area (Å²) in [5, 5.41) is 3.46. The third-order valence-electron chi connectivity index (χ3n) is 2.67. The molecule has 19 heavy (non-hydrogen) atoms. The molecule has 0 aliphatic heterocycles. The van der Waals surface area contributed by atoms with Crippen LogP contribution in [0, 0.1) is 5.92 Å². The van der Waals surface area contributed by atoms with Gasteiger partial charge < -0.3 is 15.0 Å². The first-order valence-electron chi connectivity index (χ1n) is 8.06. The Balaban J connectivity index is 0. The van der Waals surface area contributed by atoms with Gasteiger partial charge in [0.05, 0.1) is 0 Å². The van der Waals surface area contributed by atoms with Gasteiger partial charge in [-0.05, 0) is 65.3 Å². The first-order valence-corrected chi connectivity index (χ1v) is 8.06. The molecule has 0 aromatic carbocycles. The molecule has 0 aromatic heterocycles. The molecule has 0 bridgehead atoms. The van der Waals surface area contributed by atoms with Gasteiger partial charge in [-0.25, -0.2) is 0 Å². The van der Waals surface area contributed by atoms with Crippen molar-refractivity contribution in [3.05, 3.63) is 0 Å². The zero-order valence-corrected chi connectivity index (χ0v) is 14.3. The van der Waals surface area contributed by atoms with E-state index in [9.17, 15) is 0 Å². The zero-order valence-electron chi connectivity index (χ0n) is 14.3. The molecular weight excluding hydrogens is 236 g/mol. The van der Waals surface area contributed by atoms with Crippen LogP contribution in [0.4, 0.5) is 0 Å². The molecule has 0 aliphatic carbocycles. The van der Waals surface area contributed by atoms with Crippen LogP contribution >= 0.6 is 0 Å². The van der Waals surface area contributed by atoms with E-state index in [1.165, 1.54) is 12.8 Å². The highest BCUT2D eigenvalue weighted by molar-refractivity contribution is 4.51. The topological polar surface area (TPSA) is 24.5 Å². The largest absolute Gasteiger partial charge is 0.381 e. The minimum Gasteiger partial charge on any atom is -0.381 e. The molecule has 0 aromatic rings. The normalized spacial score (nSPS) is 10.7. The standard InChI is InChI=1S/C14H32N2O.C2H6/c1-14(2)8-5-9-15-10-6-12-17-13-7-11-16(3)4;1-2/h14-15H,5-13H2,1-4H3;1-2H3. The summed E-state index contributed by atoms with van der Waals surface area (Å²) in [6.45, 7) is 13.7. The maximum absolute atomic E-state index is 5.56. The number of ether oxygens (including phenoxy) is 1. The summed E-state index contributed by atoms with van der Waals surface area (Å²) in [7, 11) is 4.20. The Labute approximate surface area is 122 Å². The van der Waals surface area contributed by atoms with E-state index < -0.39 is 0 Å². The molecule has 0 unspecified atom stereocenters. The molecule has 0 spiro atoms. The molecule has 0 atom stereocenters. The fourth-order valence-corrected chi connectivity index (χ4v) is 1.64. The first kappa shape index (κ1) is 21.2. The maximum atomic E-state index is 5.56. The van der Waals surface area contributed by atoms with Gasteiger partial charge in [-0.2, -0.15) is 0 Å². The highest BCUT2D eigenvalue weighted by Crippen LogP contribution is 2.01. The molecule has 0 radical (unpaired) electrons. The molecule has 3 nitrogen and oxygen atoms in total. The van der Waals surface area contributed by atoms with Crippen LogP contribution in [0.2, 0.25) is 0 Å². The monoisotopic (exact) mass is 274 g/mol. The van der Waals surface area contributed by atoms with Crippen molar-refractivity contribution in [3.8, 4) is 0 Å². The van der Waals surface area contributed by atoms with Gasteiger partial charge in [-0.3, -0.25) is 0 Å². The van der Waals surface area contributed by atoms with Crippen molar-refractivity contribution in [1.29, 1.82) is 0 Å². The third-order valence-corrected chi connectivity index (χ3v) is 2.67. The molecular formula is C16H38N2O. The van der Waals surface area contributed by atoms with Crippen LogP contribution in [-0.4, -0.2) is 51.8 Å². The fourth-order valence-electron chi connectivity index (χ4n) is 1.64. The summed E-state index contributed by atoms with van der Waals surface area (Å²) in [6, 6.07) is 0. The predicted octanol–water partition coefficient (Wildman–Crippen LogP) is 3.40. The summed E-state index contributed by atoms with van der Waals surface area (Å²) < 4.78 is 5.56. The molecule has 0 heterocycles. The van der Waals surface area contributed by atoms with Gasteiger partial charge in [0.15, 0.2) is 0 Å². The lowest BCUT2D eigenvalue weighted by atomic mass is 10.1. The van der Waals surface area contributed by atoms with Crippen molar-refractivity contribution in [2.45, 2.75) is 53.4 Å². The molecule has 0 amide bonds. The third kappa shape index (κ3) is 23.4. The second-order valence-electron chi connectivity index (χ2n) is 5.41. The predicted molar refractivity (Wildman–Crippen MR) is 86.9 cm³/mol. The Hall–Kier alpha value is -0.120. The number of hydrogen-bond donors (Lipinski definition) is 1. The summed E-state index contributed by atoms with van der Waals surface area (Å²) in [5.41, 5.74) is 0. The van der Waals surface area contributed by atoms with Gasteiger partial charge >= 0.3 is 0 Å². The Morgan fingerprint density at radius 3 is 2.11 bits per heavy atom. The van der Waals surface area contributed by atoms with Crippen molar-refractivity contribution in [2.24, 2.45) is 5.92 Å². The van der Waals surface area contributed by atoms with Crippen LogP contribution in [0.15, 0.2) is 0 Å². The van der Waals surface area contributed by atoms with Crippen molar-refractivity contribution in [2.75, 3.05) is 46.9 Å². The van der Waals surface area contributed by atoms with Gasteiger partial charge in [-0.15, -0.1) is 0 Å². The average Bonchev–Trinajstić information content (AvgIpc) is 2.37. The quantitative estimate of drug-likeness (QED) is 0.552. The highest BCUT2D eigenvalue weighted by atomic mass is 16.5. The highest BCUT2D eigenvalue weighted by Gasteiger charge is 1.94. The van der Waals surface area contributed by atoms with Crippen LogP contribution in [0.1, 0.15) is 53.4 Å². The van der Waals surface area contributed by atoms with Gasteiger partial charge in [0, 0.05) is 13.2 Å². The van der Waals surface area contributed by atoms with E-state index in [0.29, 0.717) is 0 Å². The number of nitrogens with one attached hydrogen (secondary N) is 1. The lowest BCUT2D eigenvalue weighted by molar-refractivity contribution is 0.123. The van der Waals surface area contributed by atoms with Gasteiger partial charge in [0.25, 0.3) is 0 Å². The molecule has 0 rings (SSSR count). The Kier molecular flexibility index (Phi) is 19.9. The Morgan fingerprint density at radius 1 is 0.947 bits per heavy atom. The lowest BCUT2D eigenvalue weighted by Crippen LogP contribution is -2.19. The molecule has 0 saturated heterocycles. The lowest BCUT2D eigenvalue weighted by Gasteiger charge is -2.09. The summed E-state index contributed by atoms with van der Waals surface area (Å²) in [6.07, 6.45) is 4.88. The molecule has 0 aliphatic rings. The van der Waals surface area contributed by atoms with E-state index in [-0.39, 0.29) is 0 Å². The average molecular weight is 274 g/mol. The van der Waals surface area contributed by atoms with Crippen LogP contribution < -0.4 is 5.32 Å². The second kappa shape index (κ2) is 17.9. The molecule has 3 heteroatoms. The summed E-state index contributed by atoms with van der Waals surface area (Å²) in [4.78, 5) is 2.19. The van der Waals surface area contributed by atoms with Crippen molar-refractivity contribution < 1.29 is 4.74 Å². The van der Waals surface area contributed by atoms with Crippen LogP contribution in [0.5, 0.6) is 0 Å². The number of nitrogens with zero attached hydrogens (tertiary/aromatic N) is 1. The van der Waals surface area contributed by atoms with Crippen molar-refractivity contribution in [3.63, 3.8) is 0 Å². The van der Waals surface area contributed by atoms with E-state index in [4.69, 9.17) is 4.74 Å². The van der Waals surface area contributed by atoms with Crippen LogP contribution in [-0.2, 0) is 4.74 Å². The first-order chi connectivity index (χ1) is 9.13. The van der Waals surface area contributed by atoms with Gasteiger partial charge in [0.1, 0.15) is 0 Å². The van der Waals surface area contributed by atoms with Gasteiger partial charge in [0.2, 0.25) is 0 Å². The van der Waals surface area contributed by atoms with E-state index in [1.807, 2.05) is 13.8 Å². The Bertz CT molecular complexity index is 134. The molecule has 118 valence electrons. The smallest absolute Gasteiger partial charge is 0.0478 e. The number of hydrogen-bond acceptors (Lipinski definition) is 3. The zero-order chi connectivity index (χ0) is 14.9. The van der Waals surface area contributed by atoms with E-state index in [0.717, 1.165) is 51.6 Å². The fraction of sp³-hybridized carbons (Fsp3) is 1.00. The molecule has 0 saturated carbocycles. The van der Waals surface area contributed by atoms with Crippen LogP contribution in [0.3, 0.4) is 0 Å². The van der Waals surface area contributed by atoms with E-state index in [1.54, 1.807) is 0 Å². The van der Waals surface area contributed by atoms with E-state index in [2.05, 4.69) is 38.2 Å². The molecule has 1 N–H and O–H groups in total. The van der Waals surface area contributed by atoms with E-state index >= 15 is 0 Å². The maximum Gasteiger partial charge on any atom is 0.0478 e. The summed E-state index contributed by atoms with van der Waals surface area (Å²) in [5.74, 6) is 0.830. The summed E-state index contributed by atoms with van der Waals surface area (Å²) >= 11 is 0. The van der Waals surface area contributed by atoms with Crippen LogP contribution in [0.25, 0.3) is 0 Å². The Morgan fingerprint density at radius 2 is 1.53 bits per heavy atom. The minimum absolute atomic E-state index is 0.830. The number of rotatable bonds is 12. The SMILES string of the molecule is CC.CC(C)CCCNCCCOCCCN(C)C. The van der Waals surface area contributed by atoms with Crippen molar-refractivity contribution in [1.82, 2.24) is 10.2 Å². The minimum atomic E-state index is 0.830. The van der Waals surface area contributed by atoms with Crippen molar-refractivity contribution >= 4 is 0 Å². The van der Waals surface area contributed by atoms with Gasteiger partial charge in [-0.1, -0.05) is 27.7 Å². The second-order valence-corrected chi connectivity index (χ2v) is 5.41.